The fourth-order valence-electron chi connectivity index (χ4n) is 2.42. The minimum atomic E-state index is -4.36. The van der Waals surface area contributed by atoms with Crippen molar-refractivity contribution in [2.45, 2.75) is 25.2 Å². The Kier molecular flexibility index (Phi) is 4.73. The van der Waals surface area contributed by atoms with Crippen LogP contribution in [0, 0.1) is 0 Å². The first-order chi connectivity index (χ1) is 9.78. The van der Waals surface area contributed by atoms with Crippen LogP contribution in [0.25, 0.3) is 0 Å². The van der Waals surface area contributed by atoms with Gasteiger partial charge in [-0.25, -0.2) is 0 Å². The van der Waals surface area contributed by atoms with Crippen LogP contribution >= 0.6 is 11.6 Å². The average Bonchev–Trinajstić information content (AvgIpc) is 2.72. The van der Waals surface area contributed by atoms with Gasteiger partial charge in [0.25, 0.3) is 0 Å². The molecule has 1 aromatic rings. The molecule has 0 bridgehead atoms. The van der Waals surface area contributed by atoms with Crippen molar-refractivity contribution < 1.29 is 18.0 Å². The van der Waals surface area contributed by atoms with Crippen molar-refractivity contribution in [1.29, 1.82) is 0 Å². The van der Waals surface area contributed by atoms with E-state index in [9.17, 15) is 18.0 Å². The number of halogens is 4. The molecule has 1 fully saturated rings. The summed E-state index contributed by atoms with van der Waals surface area (Å²) in [5, 5.41) is 0.474. The maximum atomic E-state index is 12.4. The van der Waals surface area contributed by atoms with E-state index >= 15 is 0 Å². The number of hydrogen-bond acceptors (Lipinski definition) is 3. The molecular formula is C13H15ClF3N3O. The standard InChI is InChI=1S/C13H15ClF3N3O/c1-19(7-9-2-4-18-6-10(9)14)11-3-5-20(12(11)21)8-13(15,16)17/h2,4,6,11H,3,5,7-8H2,1H3/t11-/m0/s1. The van der Waals surface area contributed by atoms with Gasteiger partial charge in [-0.05, 0) is 25.1 Å². The monoisotopic (exact) mass is 321 g/mol. The molecule has 2 heterocycles. The van der Waals surface area contributed by atoms with E-state index in [2.05, 4.69) is 4.98 Å². The molecule has 8 heteroatoms. The van der Waals surface area contributed by atoms with Crippen molar-refractivity contribution >= 4 is 17.5 Å². The molecular weight excluding hydrogens is 307 g/mol. The van der Waals surface area contributed by atoms with Crippen LogP contribution in [0.4, 0.5) is 13.2 Å². The Morgan fingerprint density at radius 2 is 2.24 bits per heavy atom. The number of pyridine rings is 1. The fourth-order valence-corrected chi connectivity index (χ4v) is 2.60. The normalized spacial score (nSPS) is 19.6. The number of likely N-dealkylation sites (N-methyl/N-ethyl adjacent to an activating group) is 1. The number of likely N-dealkylation sites (tertiary alicyclic amines) is 1. The maximum Gasteiger partial charge on any atom is 0.406 e. The van der Waals surface area contributed by atoms with E-state index in [1.54, 1.807) is 24.2 Å². The topological polar surface area (TPSA) is 36.4 Å². The molecule has 1 aliphatic heterocycles. The second-order valence-corrected chi connectivity index (χ2v) is 5.47. The molecule has 1 aliphatic rings. The smallest absolute Gasteiger partial charge is 0.332 e. The summed E-state index contributed by atoms with van der Waals surface area (Å²) in [5.74, 6) is -0.486. The van der Waals surface area contributed by atoms with Gasteiger partial charge in [-0.15, -0.1) is 0 Å². The highest BCUT2D eigenvalue weighted by Gasteiger charge is 2.40. The Labute approximate surface area is 125 Å². The molecule has 4 nitrogen and oxygen atoms in total. The van der Waals surface area contributed by atoms with Gasteiger partial charge in [-0.1, -0.05) is 11.6 Å². The molecule has 1 amide bonds. The lowest BCUT2D eigenvalue weighted by atomic mass is 10.2. The first-order valence-electron chi connectivity index (χ1n) is 6.42. The molecule has 0 radical (unpaired) electrons. The summed E-state index contributed by atoms with van der Waals surface area (Å²) in [5.41, 5.74) is 0.788. The molecule has 0 aliphatic carbocycles. The minimum Gasteiger partial charge on any atom is -0.332 e. The van der Waals surface area contributed by atoms with E-state index in [0.717, 1.165) is 10.5 Å². The van der Waals surface area contributed by atoms with Gasteiger partial charge in [-0.3, -0.25) is 14.7 Å². The molecule has 0 aromatic carbocycles. The van der Waals surface area contributed by atoms with Crippen LogP contribution in [-0.2, 0) is 11.3 Å². The molecule has 0 N–H and O–H groups in total. The summed E-state index contributed by atoms with van der Waals surface area (Å²) >= 11 is 5.99. The predicted octanol–water partition coefficient (Wildman–Crippen LogP) is 2.33. The van der Waals surface area contributed by atoms with Gasteiger partial charge >= 0.3 is 6.18 Å². The SMILES string of the molecule is CN(Cc1ccncc1Cl)[C@H]1CCN(CC(F)(F)F)C1=O. The summed E-state index contributed by atoms with van der Waals surface area (Å²) in [4.78, 5) is 18.5. The van der Waals surface area contributed by atoms with E-state index in [1.807, 2.05) is 0 Å². The first kappa shape index (κ1) is 16.0. The molecule has 0 unspecified atom stereocenters. The Morgan fingerprint density at radius 3 is 2.86 bits per heavy atom. The zero-order valence-corrected chi connectivity index (χ0v) is 12.2. The van der Waals surface area contributed by atoms with E-state index < -0.39 is 24.7 Å². The van der Waals surface area contributed by atoms with Gasteiger partial charge in [0.15, 0.2) is 0 Å². The number of aromatic nitrogens is 1. The summed E-state index contributed by atoms with van der Waals surface area (Å²) in [6, 6.07) is 1.18. The number of amides is 1. The third-order valence-corrected chi connectivity index (χ3v) is 3.79. The van der Waals surface area contributed by atoms with E-state index in [-0.39, 0.29) is 6.54 Å². The second kappa shape index (κ2) is 6.19. The van der Waals surface area contributed by atoms with Crippen LogP contribution in [0.3, 0.4) is 0 Å². The van der Waals surface area contributed by atoms with Crippen LogP contribution < -0.4 is 0 Å². The lowest BCUT2D eigenvalue weighted by Crippen LogP contribution is -2.42. The zero-order chi connectivity index (χ0) is 15.6. The van der Waals surface area contributed by atoms with E-state index in [4.69, 9.17) is 11.6 Å². The molecule has 1 atom stereocenters. The van der Waals surface area contributed by atoms with Crippen molar-refractivity contribution in [3.05, 3.63) is 29.0 Å². The van der Waals surface area contributed by atoms with Gasteiger partial charge in [0.05, 0.1) is 11.1 Å². The van der Waals surface area contributed by atoms with Gasteiger partial charge < -0.3 is 4.90 Å². The Balaban J connectivity index is 2.00. The van der Waals surface area contributed by atoms with Crippen LogP contribution in [0.5, 0.6) is 0 Å². The summed E-state index contributed by atoms with van der Waals surface area (Å²) < 4.78 is 37.1. The number of hydrogen-bond donors (Lipinski definition) is 0. The number of alkyl halides is 3. The van der Waals surface area contributed by atoms with Crippen molar-refractivity contribution in [3.63, 3.8) is 0 Å². The Hall–Kier alpha value is -1.34. The molecule has 1 saturated heterocycles. The zero-order valence-electron chi connectivity index (χ0n) is 11.4. The first-order valence-corrected chi connectivity index (χ1v) is 6.80. The largest absolute Gasteiger partial charge is 0.406 e. The molecule has 21 heavy (non-hydrogen) atoms. The number of rotatable bonds is 4. The maximum absolute atomic E-state index is 12.4. The summed E-state index contributed by atoms with van der Waals surface area (Å²) in [7, 11) is 1.70. The summed E-state index contributed by atoms with van der Waals surface area (Å²) in [6.45, 7) is -0.679. The van der Waals surface area contributed by atoms with Gasteiger partial charge in [-0.2, -0.15) is 13.2 Å². The fraction of sp³-hybridized carbons (Fsp3) is 0.538. The minimum absolute atomic E-state index is 0.122. The Morgan fingerprint density at radius 1 is 1.52 bits per heavy atom. The average molecular weight is 322 g/mol. The predicted molar refractivity (Wildman–Crippen MR) is 71.8 cm³/mol. The molecule has 116 valence electrons. The van der Waals surface area contributed by atoms with Crippen LogP contribution in [0.15, 0.2) is 18.5 Å². The molecule has 2 rings (SSSR count). The highest BCUT2D eigenvalue weighted by atomic mass is 35.5. The number of carbonyl (C=O) groups is 1. The van der Waals surface area contributed by atoms with Crippen molar-refractivity contribution in [3.8, 4) is 0 Å². The van der Waals surface area contributed by atoms with Gasteiger partial charge in [0, 0.05) is 25.5 Å². The molecule has 0 saturated carbocycles. The third-order valence-electron chi connectivity index (χ3n) is 3.45. The van der Waals surface area contributed by atoms with Crippen molar-refractivity contribution in [2.75, 3.05) is 20.1 Å². The van der Waals surface area contributed by atoms with E-state index in [1.165, 1.54) is 6.20 Å². The van der Waals surface area contributed by atoms with Crippen LogP contribution in [0.1, 0.15) is 12.0 Å². The quantitative estimate of drug-likeness (QED) is 0.854. The lowest BCUT2D eigenvalue weighted by molar-refractivity contribution is -0.159. The Bertz CT molecular complexity index is 524. The number of carbonyl (C=O) groups excluding carboxylic acids is 1. The van der Waals surface area contributed by atoms with Crippen molar-refractivity contribution in [2.24, 2.45) is 0 Å². The highest BCUT2D eigenvalue weighted by molar-refractivity contribution is 6.31. The lowest BCUT2D eigenvalue weighted by Gasteiger charge is -2.24. The highest BCUT2D eigenvalue weighted by Crippen LogP contribution is 2.24. The van der Waals surface area contributed by atoms with Gasteiger partial charge in [0.1, 0.15) is 6.54 Å². The second-order valence-electron chi connectivity index (χ2n) is 5.06. The van der Waals surface area contributed by atoms with Gasteiger partial charge in [0.2, 0.25) is 5.91 Å². The van der Waals surface area contributed by atoms with E-state index in [0.29, 0.717) is 18.0 Å². The van der Waals surface area contributed by atoms with Crippen LogP contribution in [0.2, 0.25) is 5.02 Å². The molecule has 0 spiro atoms. The number of nitrogens with zero attached hydrogens (tertiary/aromatic N) is 3. The third kappa shape index (κ3) is 4.07. The molecule has 1 aromatic heterocycles. The van der Waals surface area contributed by atoms with Crippen LogP contribution in [-0.4, -0.2) is 53.0 Å². The van der Waals surface area contributed by atoms with Crippen molar-refractivity contribution in [1.82, 2.24) is 14.8 Å². The summed E-state index contributed by atoms with van der Waals surface area (Å²) in [6.07, 6.45) is -0.899.